The molecular formula is C7H4Br2N4. The van der Waals surface area contributed by atoms with Crippen molar-refractivity contribution < 1.29 is 0 Å². The van der Waals surface area contributed by atoms with Crippen LogP contribution < -0.4 is 0 Å². The third-order valence-corrected chi connectivity index (χ3v) is 2.53. The van der Waals surface area contributed by atoms with Gasteiger partial charge in [-0.2, -0.15) is 4.68 Å². The first-order chi connectivity index (χ1) is 6.27. The minimum Gasteiger partial charge on any atom is -0.187 e. The number of halogens is 2. The fourth-order valence-electron chi connectivity index (χ4n) is 0.917. The fraction of sp³-hybridized carbons (Fsp3) is 0. The number of tetrazole rings is 1. The van der Waals surface area contributed by atoms with Crippen molar-refractivity contribution in [3.05, 3.63) is 33.5 Å². The maximum atomic E-state index is 3.81. The van der Waals surface area contributed by atoms with Gasteiger partial charge in [-0.15, -0.1) is 5.10 Å². The zero-order valence-electron chi connectivity index (χ0n) is 6.35. The number of benzene rings is 1. The summed E-state index contributed by atoms with van der Waals surface area (Å²) in [5, 5.41) is 11.1. The first kappa shape index (κ1) is 8.83. The molecule has 1 heterocycles. The predicted molar refractivity (Wildman–Crippen MR) is 54.6 cm³/mol. The number of nitrogens with zero attached hydrogens (tertiary/aromatic N) is 4. The van der Waals surface area contributed by atoms with Crippen LogP contribution in [-0.2, 0) is 0 Å². The van der Waals surface area contributed by atoms with Gasteiger partial charge in [0.25, 0.3) is 0 Å². The van der Waals surface area contributed by atoms with E-state index in [-0.39, 0.29) is 0 Å². The lowest BCUT2D eigenvalue weighted by Crippen LogP contribution is -1.96. The molecule has 0 spiro atoms. The maximum absolute atomic E-state index is 3.81. The van der Waals surface area contributed by atoms with Crippen molar-refractivity contribution >= 4 is 31.9 Å². The molecule has 1 aromatic carbocycles. The van der Waals surface area contributed by atoms with Crippen LogP contribution in [0, 0.1) is 0 Å². The van der Waals surface area contributed by atoms with Gasteiger partial charge in [-0.25, -0.2) is 0 Å². The molecule has 1 aromatic heterocycles. The van der Waals surface area contributed by atoms with Crippen LogP contribution >= 0.6 is 31.9 Å². The molecule has 0 radical (unpaired) electrons. The zero-order chi connectivity index (χ0) is 9.26. The van der Waals surface area contributed by atoms with Crippen LogP contribution in [0.5, 0.6) is 0 Å². The number of rotatable bonds is 1. The van der Waals surface area contributed by atoms with E-state index in [4.69, 9.17) is 0 Å². The average molecular weight is 304 g/mol. The summed E-state index contributed by atoms with van der Waals surface area (Å²) in [6.45, 7) is 0. The Kier molecular flexibility index (Phi) is 2.41. The van der Waals surface area contributed by atoms with Gasteiger partial charge in [0.05, 0.1) is 5.69 Å². The molecule has 0 N–H and O–H groups in total. The highest BCUT2D eigenvalue weighted by Gasteiger charge is 2.03. The van der Waals surface area contributed by atoms with Crippen LogP contribution in [0.4, 0.5) is 0 Å². The molecule has 0 atom stereocenters. The third kappa shape index (κ3) is 1.78. The second-order valence-electron chi connectivity index (χ2n) is 2.34. The van der Waals surface area contributed by atoms with E-state index in [0.29, 0.717) is 4.73 Å². The maximum Gasteiger partial charge on any atom is 0.222 e. The van der Waals surface area contributed by atoms with Gasteiger partial charge in [0.2, 0.25) is 4.73 Å². The first-order valence-electron chi connectivity index (χ1n) is 3.47. The highest BCUT2D eigenvalue weighted by Crippen LogP contribution is 2.15. The Balaban J connectivity index is 2.47. The molecule has 66 valence electrons. The van der Waals surface area contributed by atoms with Gasteiger partial charge in [-0.3, -0.25) is 0 Å². The van der Waals surface area contributed by atoms with Crippen molar-refractivity contribution in [2.45, 2.75) is 0 Å². The van der Waals surface area contributed by atoms with E-state index >= 15 is 0 Å². The molecule has 6 heteroatoms. The van der Waals surface area contributed by atoms with Gasteiger partial charge in [-0.1, -0.05) is 15.9 Å². The van der Waals surface area contributed by atoms with Crippen LogP contribution in [0.3, 0.4) is 0 Å². The van der Waals surface area contributed by atoms with Crippen LogP contribution in [0.2, 0.25) is 0 Å². The summed E-state index contributed by atoms with van der Waals surface area (Å²) >= 11 is 6.59. The monoisotopic (exact) mass is 302 g/mol. The molecule has 0 saturated carbocycles. The summed E-state index contributed by atoms with van der Waals surface area (Å²) in [7, 11) is 0. The van der Waals surface area contributed by atoms with Crippen LogP contribution in [0.1, 0.15) is 0 Å². The summed E-state index contributed by atoms with van der Waals surface area (Å²) in [5.41, 5.74) is 0.917. The lowest BCUT2D eigenvalue weighted by Gasteiger charge is -1.99. The van der Waals surface area contributed by atoms with E-state index in [2.05, 4.69) is 47.4 Å². The Morgan fingerprint density at radius 1 is 1.08 bits per heavy atom. The Bertz CT molecular complexity index is 409. The molecule has 0 aliphatic heterocycles. The third-order valence-electron chi connectivity index (χ3n) is 1.50. The molecule has 0 unspecified atom stereocenters. The van der Waals surface area contributed by atoms with E-state index in [1.54, 1.807) is 4.68 Å². The van der Waals surface area contributed by atoms with Gasteiger partial charge < -0.3 is 0 Å². The van der Waals surface area contributed by atoms with Gasteiger partial charge in [0.1, 0.15) is 0 Å². The molecular weight excluding hydrogens is 300 g/mol. The summed E-state index contributed by atoms with van der Waals surface area (Å²) in [4.78, 5) is 0. The average Bonchev–Trinajstić information content (AvgIpc) is 2.53. The molecule has 13 heavy (non-hydrogen) atoms. The van der Waals surface area contributed by atoms with E-state index in [0.717, 1.165) is 10.2 Å². The van der Waals surface area contributed by atoms with Gasteiger partial charge >= 0.3 is 0 Å². The number of hydrogen-bond donors (Lipinski definition) is 0. The van der Waals surface area contributed by atoms with Crippen molar-refractivity contribution in [2.75, 3.05) is 0 Å². The second-order valence-corrected chi connectivity index (χ2v) is 3.96. The summed E-state index contributed by atoms with van der Waals surface area (Å²) in [6.07, 6.45) is 0. The smallest absolute Gasteiger partial charge is 0.187 e. The van der Waals surface area contributed by atoms with Crippen molar-refractivity contribution in [1.82, 2.24) is 20.2 Å². The van der Waals surface area contributed by atoms with E-state index < -0.39 is 0 Å². The Morgan fingerprint density at radius 2 is 1.77 bits per heavy atom. The van der Waals surface area contributed by atoms with Gasteiger partial charge in [0.15, 0.2) is 0 Å². The minimum absolute atomic E-state index is 0.592. The Hall–Kier alpha value is -0.750. The van der Waals surface area contributed by atoms with Gasteiger partial charge in [0, 0.05) is 4.47 Å². The molecule has 2 aromatic rings. The van der Waals surface area contributed by atoms with E-state index in [9.17, 15) is 0 Å². The second kappa shape index (κ2) is 3.55. The lowest BCUT2D eigenvalue weighted by molar-refractivity contribution is 0.783. The quantitative estimate of drug-likeness (QED) is 0.811. The number of aromatic nitrogens is 4. The molecule has 2 rings (SSSR count). The standard InChI is InChI=1S/C7H4Br2N4/c8-5-1-3-6(4-2-5)13-7(9)10-11-12-13/h1-4H. The number of hydrogen-bond acceptors (Lipinski definition) is 3. The molecule has 0 aliphatic carbocycles. The van der Waals surface area contributed by atoms with Gasteiger partial charge in [-0.05, 0) is 50.6 Å². The van der Waals surface area contributed by atoms with Crippen molar-refractivity contribution in [1.29, 1.82) is 0 Å². The SMILES string of the molecule is Brc1ccc(-n2nnnc2Br)cc1. The minimum atomic E-state index is 0.592. The van der Waals surface area contributed by atoms with Crippen molar-refractivity contribution in [2.24, 2.45) is 0 Å². The topological polar surface area (TPSA) is 43.6 Å². The molecule has 0 aliphatic rings. The highest BCUT2D eigenvalue weighted by molar-refractivity contribution is 9.10. The summed E-state index contributed by atoms with van der Waals surface area (Å²) in [6, 6.07) is 7.71. The largest absolute Gasteiger partial charge is 0.222 e. The first-order valence-corrected chi connectivity index (χ1v) is 5.06. The summed E-state index contributed by atoms with van der Waals surface area (Å²) < 4.78 is 3.22. The Morgan fingerprint density at radius 3 is 2.31 bits per heavy atom. The predicted octanol–water partition coefficient (Wildman–Crippen LogP) is 2.19. The zero-order valence-corrected chi connectivity index (χ0v) is 9.53. The molecule has 0 fully saturated rings. The van der Waals surface area contributed by atoms with Crippen molar-refractivity contribution in [3.63, 3.8) is 0 Å². The lowest BCUT2D eigenvalue weighted by atomic mass is 10.3. The van der Waals surface area contributed by atoms with Crippen LogP contribution in [-0.4, -0.2) is 20.2 Å². The van der Waals surface area contributed by atoms with Crippen LogP contribution in [0.15, 0.2) is 33.5 Å². The van der Waals surface area contributed by atoms with E-state index in [1.807, 2.05) is 24.3 Å². The van der Waals surface area contributed by atoms with Crippen molar-refractivity contribution in [3.8, 4) is 5.69 Å². The van der Waals surface area contributed by atoms with E-state index in [1.165, 1.54) is 0 Å². The van der Waals surface area contributed by atoms with Crippen LogP contribution in [0.25, 0.3) is 5.69 Å². The normalized spacial score (nSPS) is 10.3. The molecule has 0 amide bonds. The summed E-state index contributed by atoms with van der Waals surface area (Å²) in [5.74, 6) is 0. The molecule has 0 saturated heterocycles. The highest BCUT2D eigenvalue weighted by atomic mass is 79.9. The molecule has 0 bridgehead atoms. The fourth-order valence-corrected chi connectivity index (χ4v) is 1.53. The molecule has 4 nitrogen and oxygen atoms in total. The Labute approximate surface area is 91.2 Å².